The van der Waals surface area contributed by atoms with Crippen molar-refractivity contribution in [3.63, 3.8) is 0 Å². The number of amides is 1. The lowest BCUT2D eigenvalue weighted by molar-refractivity contribution is -0.105. The minimum absolute atomic E-state index is 0.286. The summed E-state index contributed by atoms with van der Waals surface area (Å²) in [5.41, 5.74) is 1.08. The molecule has 1 amide bonds. The first-order chi connectivity index (χ1) is 10.8. The van der Waals surface area contributed by atoms with Crippen LogP contribution in [0.2, 0.25) is 0 Å². The molecule has 0 aliphatic heterocycles. The number of hydrogen-bond acceptors (Lipinski definition) is 4. The average molecular weight is 297 g/mol. The number of pyridine rings is 1. The number of carbonyl (C=O) groups excluding carboxylic acids is 1. The summed E-state index contributed by atoms with van der Waals surface area (Å²) in [7, 11) is 0. The molecule has 7 heteroatoms. The lowest BCUT2D eigenvalue weighted by atomic mass is 10.2. The maximum atomic E-state index is 13.8. The summed E-state index contributed by atoms with van der Waals surface area (Å²) in [5, 5.41) is 10.4. The Morgan fingerprint density at radius 3 is 2.86 bits per heavy atom. The zero-order valence-electron chi connectivity index (χ0n) is 11.5. The molecule has 0 aliphatic carbocycles. The number of aromatic nitrogens is 4. The molecule has 0 fully saturated rings. The molecule has 0 bridgehead atoms. The quantitative estimate of drug-likeness (QED) is 0.732. The van der Waals surface area contributed by atoms with E-state index in [1.54, 1.807) is 41.0 Å². The highest BCUT2D eigenvalue weighted by Crippen LogP contribution is 2.18. The molecule has 6 nitrogen and oxygen atoms in total. The van der Waals surface area contributed by atoms with E-state index < -0.39 is 0 Å². The molecule has 0 saturated carbocycles. The van der Waals surface area contributed by atoms with Gasteiger partial charge >= 0.3 is 0 Å². The Hall–Kier alpha value is -3.09. The molecule has 3 aromatic rings. The van der Waals surface area contributed by atoms with Gasteiger partial charge in [-0.1, -0.05) is 24.3 Å². The number of halogens is 1. The van der Waals surface area contributed by atoms with Gasteiger partial charge in [0.25, 0.3) is 0 Å². The Morgan fingerprint density at radius 2 is 2.05 bits per heavy atom. The minimum Gasteiger partial charge on any atom is -0.313 e. The van der Waals surface area contributed by atoms with Crippen molar-refractivity contribution in [3.8, 4) is 11.5 Å². The molecule has 0 atom stereocenters. The standard InChI is InChI=1S/C15H12FN5O/c16-12-5-2-1-4-11(12)8-21-9-18-20-15(21)13-6-3-7-14(19-13)17-10-22/h1-7,9-10H,8H2,(H,17,19,22). The number of hydrogen-bond donors (Lipinski definition) is 1. The molecule has 0 spiro atoms. The third-order valence-corrected chi connectivity index (χ3v) is 3.10. The summed E-state index contributed by atoms with van der Waals surface area (Å²) in [4.78, 5) is 14.8. The lowest BCUT2D eigenvalue weighted by Gasteiger charge is -2.08. The molecular weight excluding hydrogens is 285 g/mol. The molecule has 1 aromatic carbocycles. The van der Waals surface area contributed by atoms with Crippen LogP contribution in [0.4, 0.5) is 10.2 Å². The molecule has 0 aliphatic rings. The maximum absolute atomic E-state index is 13.8. The van der Waals surface area contributed by atoms with Gasteiger partial charge < -0.3 is 9.88 Å². The Morgan fingerprint density at radius 1 is 1.18 bits per heavy atom. The van der Waals surface area contributed by atoms with E-state index >= 15 is 0 Å². The van der Waals surface area contributed by atoms with Gasteiger partial charge in [-0.25, -0.2) is 9.37 Å². The van der Waals surface area contributed by atoms with Gasteiger partial charge in [0.15, 0.2) is 5.82 Å². The Balaban J connectivity index is 1.94. The zero-order valence-corrected chi connectivity index (χ0v) is 11.5. The summed E-state index contributed by atoms with van der Waals surface area (Å²) in [5.74, 6) is 0.622. The van der Waals surface area contributed by atoms with Crippen LogP contribution in [0.5, 0.6) is 0 Å². The van der Waals surface area contributed by atoms with E-state index in [2.05, 4.69) is 20.5 Å². The summed E-state index contributed by atoms with van der Waals surface area (Å²) < 4.78 is 15.5. The fourth-order valence-electron chi connectivity index (χ4n) is 2.08. The number of anilines is 1. The molecule has 2 heterocycles. The topological polar surface area (TPSA) is 72.7 Å². The second kappa shape index (κ2) is 6.13. The number of nitrogens with zero attached hydrogens (tertiary/aromatic N) is 4. The molecular formula is C15H12FN5O. The monoisotopic (exact) mass is 297 g/mol. The van der Waals surface area contributed by atoms with E-state index in [4.69, 9.17) is 0 Å². The van der Waals surface area contributed by atoms with Gasteiger partial charge in [0.1, 0.15) is 23.7 Å². The largest absolute Gasteiger partial charge is 0.313 e. The summed E-state index contributed by atoms with van der Waals surface area (Å²) in [6.45, 7) is 0.294. The third-order valence-electron chi connectivity index (χ3n) is 3.10. The number of nitrogens with one attached hydrogen (secondary N) is 1. The van der Waals surface area contributed by atoms with Crippen LogP contribution >= 0.6 is 0 Å². The summed E-state index contributed by atoms with van der Waals surface area (Å²) in [6.07, 6.45) is 2.07. The molecule has 110 valence electrons. The van der Waals surface area contributed by atoms with Crippen LogP contribution in [0, 0.1) is 5.82 Å². The molecule has 0 radical (unpaired) electrons. The molecule has 22 heavy (non-hydrogen) atoms. The Kier molecular flexibility index (Phi) is 3.86. The van der Waals surface area contributed by atoms with Crippen LogP contribution in [0.1, 0.15) is 5.56 Å². The van der Waals surface area contributed by atoms with Crippen LogP contribution in [0.3, 0.4) is 0 Å². The van der Waals surface area contributed by atoms with E-state index in [0.717, 1.165) is 0 Å². The van der Waals surface area contributed by atoms with E-state index in [0.29, 0.717) is 35.9 Å². The Bertz CT molecular complexity index is 802. The van der Waals surface area contributed by atoms with Crippen molar-refractivity contribution in [2.24, 2.45) is 0 Å². The van der Waals surface area contributed by atoms with Crippen molar-refractivity contribution < 1.29 is 9.18 Å². The smallest absolute Gasteiger partial charge is 0.212 e. The van der Waals surface area contributed by atoms with Crippen LogP contribution in [-0.2, 0) is 11.3 Å². The van der Waals surface area contributed by atoms with Crippen LogP contribution in [0.15, 0.2) is 48.8 Å². The summed E-state index contributed by atoms with van der Waals surface area (Å²) >= 11 is 0. The van der Waals surface area contributed by atoms with Gasteiger partial charge in [0.05, 0.1) is 6.54 Å². The van der Waals surface area contributed by atoms with Crippen molar-refractivity contribution in [1.82, 2.24) is 19.7 Å². The third kappa shape index (κ3) is 2.83. The number of rotatable bonds is 5. The van der Waals surface area contributed by atoms with Crippen molar-refractivity contribution in [2.45, 2.75) is 6.54 Å². The number of benzene rings is 1. The first-order valence-corrected chi connectivity index (χ1v) is 6.57. The predicted octanol–water partition coefficient (Wildman–Crippen LogP) is 2.10. The average Bonchev–Trinajstić information content (AvgIpc) is 2.98. The molecule has 0 unspecified atom stereocenters. The SMILES string of the molecule is O=CNc1cccc(-c2nncn2Cc2ccccc2F)n1. The van der Waals surface area contributed by atoms with Gasteiger partial charge in [0.2, 0.25) is 6.41 Å². The highest BCUT2D eigenvalue weighted by atomic mass is 19.1. The fourth-order valence-corrected chi connectivity index (χ4v) is 2.08. The number of carbonyl (C=O) groups is 1. The molecule has 3 rings (SSSR count). The van der Waals surface area contributed by atoms with Gasteiger partial charge in [-0.15, -0.1) is 10.2 Å². The van der Waals surface area contributed by atoms with Crippen molar-refractivity contribution in [1.29, 1.82) is 0 Å². The molecule has 2 aromatic heterocycles. The van der Waals surface area contributed by atoms with Crippen LogP contribution in [-0.4, -0.2) is 26.2 Å². The van der Waals surface area contributed by atoms with E-state index in [1.165, 1.54) is 12.4 Å². The second-order valence-corrected chi connectivity index (χ2v) is 4.54. The minimum atomic E-state index is -0.286. The van der Waals surface area contributed by atoms with Gasteiger partial charge in [0, 0.05) is 5.56 Å². The van der Waals surface area contributed by atoms with Crippen LogP contribution in [0.25, 0.3) is 11.5 Å². The van der Waals surface area contributed by atoms with Gasteiger partial charge in [-0.05, 0) is 18.2 Å². The van der Waals surface area contributed by atoms with Crippen molar-refractivity contribution >= 4 is 12.2 Å². The maximum Gasteiger partial charge on any atom is 0.212 e. The van der Waals surface area contributed by atoms with Crippen molar-refractivity contribution in [2.75, 3.05) is 5.32 Å². The summed E-state index contributed by atoms with van der Waals surface area (Å²) in [6, 6.07) is 11.7. The van der Waals surface area contributed by atoms with E-state index in [-0.39, 0.29) is 5.82 Å². The molecule has 0 saturated heterocycles. The van der Waals surface area contributed by atoms with Crippen molar-refractivity contribution in [3.05, 3.63) is 60.2 Å². The van der Waals surface area contributed by atoms with E-state index in [9.17, 15) is 9.18 Å². The fraction of sp³-hybridized carbons (Fsp3) is 0.0667. The highest BCUT2D eigenvalue weighted by molar-refractivity contribution is 5.69. The molecule has 1 N–H and O–H groups in total. The first kappa shape index (κ1) is 13.9. The highest BCUT2D eigenvalue weighted by Gasteiger charge is 2.11. The first-order valence-electron chi connectivity index (χ1n) is 6.57. The zero-order chi connectivity index (χ0) is 15.4. The van der Waals surface area contributed by atoms with Crippen LogP contribution < -0.4 is 5.32 Å². The predicted molar refractivity (Wildman–Crippen MR) is 78.4 cm³/mol. The lowest BCUT2D eigenvalue weighted by Crippen LogP contribution is -2.05. The normalized spacial score (nSPS) is 10.4. The Labute approximate surface area is 125 Å². The van der Waals surface area contributed by atoms with Gasteiger partial charge in [-0.2, -0.15) is 0 Å². The second-order valence-electron chi connectivity index (χ2n) is 4.54. The van der Waals surface area contributed by atoms with Gasteiger partial charge in [-0.3, -0.25) is 4.79 Å². The van der Waals surface area contributed by atoms with E-state index in [1.807, 2.05) is 0 Å².